The number of rotatable bonds is 10. The van der Waals surface area contributed by atoms with Gasteiger partial charge in [0.2, 0.25) is 17.7 Å². The molecule has 11 heteroatoms. The molecule has 3 unspecified atom stereocenters. The van der Waals surface area contributed by atoms with E-state index in [0.29, 0.717) is 51.3 Å². The minimum atomic E-state index is -0.656. The third-order valence-electron chi connectivity index (χ3n) is 8.02. The Morgan fingerprint density at radius 1 is 1.14 bits per heavy atom. The molecule has 0 aromatic heterocycles. The second-order valence-corrected chi connectivity index (χ2v) is 12.9. The zero-order chi connectivity index (χ0) is 26.0. The van der Waals surface area contributed by atoms with Crippen molar-refractivity contribution >= 4 is 51.1 Å². The van der Waals surface area contributed by atoms with Crippen LogP contribution in [0.1, 0.15) is 19.3 Å². The number of carbonyl (C=O) groups is 3. The molecule has 3 N–H and O–H groups in total. The number of fused-ring (bicyclic) bond motifs is 1. The summed E-state index contributed by atoms with van der Waals surface area (Å²) in [5, 5.41) is 15.3. The van der Waals surface area contributed by atoms with Crippen LogP contribution >= 0.6 is 27.7 Å². The summed E-state index contributed by atoms with van der Waals surface area (Å²) in [6.07, 6.45) is 1.82. The Bertz CT molecular complexity index is 996. The lowest BCUT2D eigenvalue weighted by Crippen LogP contribution is -2.55. The van der Waals surface area contributed by atoms with Gasteiger partial charge in [-0.25, -0.2) is 0 Å². The van der Waals surface area contributed by atoms with Gasteiger partial charge in [-0.3, -0.25) is 19.3 Å². The van der Waals surface area contributed by atoms with Crippen LogP contribution < -0.4 is 10.6 Å². The van der Waals surface area contributed by atoms with Crippen molar-refractivity contribution in [1.82, 2.24) is 15.1 Å². The number of alkyl halides is 1. The average molecular weight is 596 g/mol. The Hall–Kier alpha value is -1.66. The fraction of sp³-hybridized carbons (Fsp3) is 0.654. The highest BCUT2D eigenvalue weighted by Crippen LogP contribution is 2.67. The second-order valence-electron chi connectivity index (χ2n) is 10.2. The molecule has 0 aliphatic carbocycles. The molecule has 202 valence electrons. The molecule has 4 aliphatic heterocycles. The lowest BCUT2D eigenvalue weighted by molar-refractivity contribution is -0.139. The molecule has 4 fully saturated rings. The topological polar surface area (TPSA) is 111 Å². The molecule has 2 bridgehead atoms. The number of carbonyl (C=O) groups excluding carboxylic acids is 3. The Labute approximate surface area is 230 Å². The molecule has 1 aromatic rings. The number of para-hydroxylation sites is 1. The molecule has 4 heterocycles. The van der Waals surface area contributed by atoms with E-state index in [1.807, 2.05) is 30.3 Å². The van der Waals surface area contributed by atoms with Crippen LogP contribution in [-0.2, 0) is 19.1 Å². The third kappa shape index (κ3) is 5.17. The number of halogens is 1. The molecule has 9 nitrogen and oxygen atoms in total. The highest BCUT2D eigenvalue weighted by atomic mass is 79.9. The van der Waals surface area contributed by atoms with Crippen molar-refractivity contribution < 1.29 is 24.2 Å². The number of nitrogens with one attached hydrogen (secondary N) is 2. The molecule has 0 radical (unpaired) electrons. The van der Waals surface area contributed by atoms with Gasteiger partial charge in [-0.1, -0.05) is 34.1 Å². The number of hydrogen-bond acceptors (Lipinski definition) is 7. The van der Waals surface area contributed by atoms with E-state index in [1.165, 1.54) is 0 Å². The van der Waals surface area contributed by atoms with Gasteiger partial charge in [-0.05, 0) is 31.4 Å². The third-order valence-corrected chi connectivity index (χ3v) is 11.2. The highest BCUT2D eigenvalue weighted by Gasteiger charge is 2.75. The number of benzene rings is 1. The van der Waals surface area contributed by atoms with E-state index in [0.717, 1.165) is 19.6 Å². The smallest absolute Gasteiger partial charge is 0.244 e. The summed E-state index contributed by atoms with van der Waals surface area (Å²) in [7, 11) is 0. The molecule has 1 spiro atoms. The maximum Gasteiger partial charge on any atom is 0.244 e. The van der Waals surface area contributed by atoms with Gasteiger partial charge in [-0.2, -0.15) is 0 Å². The first-order valence-electron chi connectivity index (χ1n) is 13.1. The summed E-state index contributed by atoms with van der Waals surface area (Å²) in [4.78, 5) is 45.2. The van der Waals surface area contributed by atoms with Gasteiger partial charge >= 0.3 is 0 Å². The van der Waals surface area contributed by atoms with E-state index in [4.69, 9.17) is 4.74 Å². The van der Waals surface area contributed by atoms with Gasteiger partial charge < -0.3 is 25.4 Å². The van der Waals surface area contributed by atoms with E-state index in [9.17, 15) is 19.5 Å². The van der Waals surface area contributed by atoms with E-state index in [-0.39, 0.29) is 34.4 Å². The molecule has 5 rings (SSSR count). The number of thioether (sulfide) groups is 1. The molecule has 4 aliphatic rings. The SMILES string of the molecule is O=C(NCCN1CCOCC1)C1N(CCCCO)C(=O)[C@@H]2[C@H](C(=O)Nc3ccccc3)[C@H]3SC12CC3Br. The number of anilines is 1. The lowest BCUT2D eigenvalue weighted by Gasteiger charge is -2.35. The van der Waals surface area contributed by atoms with Crippen LogP contribution in [0.15, 0.2) is 30.3 Å². The van der Waals surface area contributed by atoms with Crippen molar-refractivity contribution in [3.05, 3.63) is 30.3 Å². The van der Waals surface area contributed by atoms with Crippen LogP contribution in [0.25, 0.3) is 0 Å². The molecule has 4 saturated heterocycles. The van der Waals surface area contributed by atoms with Gasteiger partial charge in [0.05, 0.1) is 29.8 Å². The first-order valence-corrected chi connectivity index (χ1v) is 14.9. The average Bonchev–Trinajstić information content (AvgIpc) is 3.49. The van der Waals surface area contributed by atoms with Crippen molar-refractivity contribution in [2.24, 2.45) is 11.8 Å². The van der Waals surface area contributed by atoms with Gasteiger partial charge in [0.1, 0.15) is 6.04 Å². The van der Waals surface area contributed by atoms with Crippen LogP contribution in [0.2, 0.25) is 0 Å². The van der Waals surface area contributed by atoms with Gasteiger partial charge in [0, 0.05) is 55.1 Å². The summed E-state index contributed by atoms with van der Waals surface area (Å²) in [5.74, 6) is -1.51. The maximum absolute atomic E-state index is 13.9. The molecule has 6 atom stereocenters. The fourth-order valence-corrected chi connectivity index (χ4v) is 9.98. The zero-order valence-corrected chi connectivity index (χ0v) is 23.2. The Kier molecular flexibility index (Phi) is 8.45. The number of hydrogen-bond donors (Lipinski definition) is 3. The Balaban J connectivity index is 1.37. The number of morpholine rings is 1. The first-order chi connectivity index (χ1) is 18.0. The fourth-order valence-electron chi connectivity index (χ4n) is 6.37. The number of likely N-dealkylation sites (tertiary alicyclic amines) is 1. The summed E-state index contributed by atoms with van der Waals surface area (Å²) in [5.41, 5.74) is 0.697. The van der Waals surface area contributed by atoms with Crippen LogP contribution in [0.3, 0.4) is 0 Å². The predicted octanol–water partition coefficient (Wildman–Crippen LogP) is 1.31. The minimum absolute atomic E-state index is 0.0362. The number of ether oxygens (including phenoxy) is 1. The molecule has 3 amide bonds. The summed E-state index contributed by atoms with van der Waals surface area (Å²) in [6, 6.07) is 8.64. The largest absolute Gasteiger partial charge is 0.396 e. The summed E-state index contributed by atoms with van der Waals surface area (Å²) >= 11 is 5.43. The van der Waals surface area contributed by atoms with Crippen LogP contribution in [0, 0.1) is 11.8 Å². The normalized spacial score (nSPS) is 33.0. The van der Waals surface area contributed by atoms with Crippen molar-refractivity contribution in [2.45, 2.75) is 40.1 Å². The lowest BCUT2D eigenvalue weighted by atomic mass is 9.70. The van der Waals surface area contributed by atoms with Gasteiger partial charge in [0.15, 0.2) is 0 Å². The Morgan fingerprint density at radius 3 is 2.62 bits per heavy atom. The molecule has 37 heavy (non-hydrogen) atoms. The summed E-state index contributed by atoms with van der Waals surface area (Å²) < 4.78 is 4.75. The quantitative estimate of drug-likeness (QED) is 0.277. The zero-order valence-electron chi connectivity index (χ0n) is 20.8. The maximum atomic E-state index is 13.9. The van der Waals surface area contributed by atoms with Crippen molar-refractivity contribution in [1.29, 1.82) is 0 Å². The van der Waals surface area contributed by atoms with Gasteiger partial charge in [-0.15, -0.1) is 11.8 Å². The van der Waals surface area contributed by atoms with Crippen molar-refractivity contribution in [3.8, 4) is 0 Å². The molecule has 0 saturated carbocycles. The molecular formula is C26H35BrN4O5S. The van der Waals surface area contributed by atoms with E-state index >= 15 is 0 Å². The number of amides is 3. The van der Waals surface area contributed by atoms with Crippen molar-refractivity contribution in [2.75, 3.05) is 57.9 Å². The first kappa shape index (κ1) is 26.9. The minimum Gasteiger partial charge on any atom is -0.396 e. The summed E-state index contributed by atoms with van der Waals surface area (Å²) in [6.45, 7) is 4.75. The standard InChI is InChI=1S/C26H35BrN4O5S/c27-18-16-26-20(19(21(18)37-26)23(33)29-17-6-2-1-3-7-17)25(35)31(9-4-5-13-32)22(26)24(34)28-8-10-30-11-14-36-15-12-30/h1-3,6-7,18-22,32H,4-5,8-16H2,(H,28,34)(H,29,33)/t18?,19-,20-,21-,22?,26?/m0/s1. The number of aliphatic hydroxyl groups excluding tert-OH is 1. The number of nitrogens with zero attached hydrogens (tertiary/aromatic N) is 2. The van der Waals surface area contributed by atoms with E-state index < -0.39 is 22.6 Å². The predicted molar refractivity (Wildman–Crippen MR) is 146 cm³/mol. The van der Waals surface area contributed by atoms with Gasteiger partial charge in [0.25, 0.3) is 0 Å². The Morgan fingerprint density at radius 2 is 1.89 bits per heavy atom. The number of unbranched alkanes of at least 4 members (excludes halogenated alkanes) is 1. The molecule has 1 aromatic carbocycles. The highest BCUT2D eigenvalue weighted by molar-refractivity contribution is 9.09. The monoisotopic (exact) mass is 594 g/mol. The van der Waals surface area contributed by atoms with Crippen LogP contribution in [-0.4, -0.2) is 106 Å². The van der Waals surface area contributed by atoms with E-state index in [1.54, 1.807) is 16.7 Å². The van der Waals surface area contributed by atoms with E-state index in [2.05, 4.69) is 31.5 Å². The van der Waals surface area contributed by atoms with Crippen LogP contribution in [0.5, 0.6) is 0 Å². The van der Waals surface area contributed by atoms with Crippen LogP contribution in [0.4, 0.5) is 5.69 Å². The second kappa shape index (κ2) is 11.6. The molecular weight excluding hydrogens is 560 g/mol. The van der Waals surface area contributed by atoms with Crippen molar-refractivity contribution in [3.63, 3.8) is 0 Å². The number of aliphatic hydroxyl groups is 1.